The summed E-state index contributed by atoms with van der Waals surface area (Å²) >= 11 is 3.44. The summed E-state index contributed by atoms with van der Waals surface area (Å²) in [5.41, 5.74) is 1.57. The van der Waals surface area contributed by atoms with Crippen LogP contribution < -0.4 is 9.47 Å². The number of carbonyl (C=O) groups is 2. The molecular weight excluding hydrogens is 436 g/mol. The molecule has 1 heterocycles. The monoisotopic (exact) mass is 452 g/mol. The molecule has 0 atom stereocenters. The van der Waals surface area contributed by atoms with Crippen LogP contribution in [0.15, 0.2) is 58.1 Å². The van der Waals surface area contributed by atoms with Crippen LogP contribution in [0.4, 0.5) is 0 Å². The van der Waals surface area contributed by atoms with Crippen LogP contribution in [0, 0.1) is 0 Å². The van der Waals surface area contributed by atoms with Gasteiger partial charge >= 0.3 is 0 Å². The second-order valence-electron chi connectivity index (χ2n) is 6.34. The fourth-order valence-electron chi connectivity index (χ4n) is 3.37. The Morgan fingerprint density at radius 1 is 1.07 bits per heavy atom. The number of methoxy groups -OCH3 is 1. The third-order valence-corrected chi connectivity index (χ3v) is 5.20. The summed E-state index contributed by atoms with van der Waals surface area (Å²) < 4.78 is 11.6. The van der Waals surface area contributed by atoms with Gasteiger partial charge in [-0.3, -0.25) is 9.59 Å². The van der Waals surface area contributed by atoms with Gasteiger partial charge in [-0.2, -0.15) is 10.1 Å². The Morgan fingerprint density at radius 2 is 1.72 bits per heavy atom. The summed E-state index contributed by atoms with van der Waals surface area (Å²) in [6.45, 7) is 2.34. The molecule has 0 spiro atoms. The zero-order valence-corrected chi connectivity index (χ0v) is 17.4. The molecule has 0 saturated carbocycles. The van der Waals surface area contributed by atoms with Crippen molar-refractivity contribution in [1.29, 1.82) is 0 Å². The third kappa shape index (κ3) is 3.27. The van der Waals surface area contributed by atoms with Gasteiger partial charge in [0.05, 0.1) is 35.5 Å². The van der Waals surface area contributed by atoms with Crippen molar-refractivity contribution in [2.75, 3.05) is 13.7 Å². The molecule has 0 fully saturated rings. The Morgan fingerprint density at radius 3 is 2.31 bits per heavy atom. The Labute approximate surface area is 175 Å². The lowest BCUT2D eigenvalue weighted by Gasteiger charge is -2.23. The number of hydrogen-bond donors (Lipinski definition) is 0. The molecule has 3 aromatic carbocycles. The van der Waals surface area contributed by atoms with E-state index < -0.39 is 11.8 Å². The minimum atomic E-state index is -0.451. The molecule has 0 aliphatic carbocycles. The molecule has 2 amide bonds. The lowest BCUT2D eigenvalue weighted by Crippen LogP contribution is -2.36. The molecule has 1 aliphatic rings. The van der Waals surface area contributed by atoms with Crippen molar-refractivity contribution >= 4 is 44.7 Å². The van der Waals surface area contributed by atoms with E-state index in [9.17, 15) is 9.59 Å². The summed E-state index contributed by atoms with van der Waals surface area (Å²) in [4.78, 5) is 25.8. The zero-order chi connectivity index (χ0) is 20.5. The lowest BCUT2D eigenvalue weighted by atomic mass is 9.95. The molecule has 0 saturated heterocycles. The Bertz CT molecular complexity index is 1120. The summed E-state index contributed by atoms with van der Waals surface area (Å²) in [7, 11) is 1.56. The fraction of sp³-hybridized carbons (Fsp3) is 0.136. The molecule has 7 heteroatoms. The van der Waals surface area contributed by atoms with Crippen molar-refractivity contribution in [2.24, 2.45) is 5.10 Å². The topological polar surface area (TPSA) is 68.2 Å². The third-order valence-electron chi connectivity index (χ3n) is 4.61. The van der Waals surface area contributed by atoms with Gasteiger partial charge in [-0.1, -0.05) is 24.3 Å². The Balaban J connectivity index is 1.73. The number of halogens is 1. The predicted octanol–water partition coefficient (Wildman–Crippen LogP) is 4.64. The first-order chi connectivity index (χ1) is 14.0. The van der Waals surface area contributed by atoms with Gasteiger partial charge in [0.25, 0.3) is 11.8 Å². The van der Waals surface area contributed by atoms with Gasteiger partial charge in [0, 0.05) is 5.39 Å². The van der Waals surface area contributed by atoms with Gasteiger partial charge in [0.1, 0.15) is 0 Å². The maximum absolute atomic E-state index is 12.9. The second-order valence-corrected chi connectivity index (χ2v) is 7.20. The van der Waals surface area contributed by atoms with Crippen LogP contribution in [0.5, 0.6) is 11.5 Å². The van der Waals surface area contributed by atoms with Crippen LogP contribution in [0.3, 0.4) is 0 Å². The molecule has 1 aliphatic heterocycles. The fourth-order valence-corrected chi connectivity index (χ4v) is 3.99. The van der Waals surface area contributed by atoms with Crippen LogP contribution in [0.1, 0.15) is 33.2 Å². The number of ether oxygens (including phenoxy) is 2. The highest BCUT2D eigenvalue weighted by atomic mass is 79.9. The first-order valence-electron chi connectivity index (χ1n) is 9.00. The number of rotatable bonds is 5. The van der Waals surface area contributed by atoms with E-state index in [4.69, 9.17) is 9.47 Å². The summed E-state index contributed by atoms with van der Waals surface area (Å²) in [6.07, 6.45) is 1.45. The van der Waals surface area contributed by atoms with Gasteiger partial charge in [0.2, 0.25) is 0 Å². The Hall–Kier alpha value is -3.19. The highest BCUT2D eigenvalue weighted by Gasteiger charge is 2.32. The van der Waals surface area contributed by atoms with Crippen LogP contribution in [0.25, 0.3) is 10.8 Å². The molecule has 146 valence electrons. The molecule has 29 heavy (non-hydrogen) atoms. The average Bonchev–Trinajstić information content (AvgIpc) is 2.72. The maximum Gasteiger partial charge on any atom is 0.282 e. The summed E-state index contributed by atoms with van der Waals surface area (Å²) in [6, 6.07) is 14.3. The highest BCUT2D eigenvalue weighted by molar-refractivity contribution is 9.10. The molecule has 0 aromatic heterocycles. The molecule has 0 unspecified atom stereocenters. The van der Waals surface area contributed by atoms with Crippen LogP contribution in [-0.4, -0.2) is 36.8 Å². The quantitative estimate of drug-likeness (QED) is 0.417. The van der Waals surface area contributed by atoms with Crippen LogP contribution in [-0.2, 0) is 0 Å². The van der Waals surface area contributed by atoms with Gasteiger partial charge in [0.15, 0.2) is 11.5 Å². The van der Waals surface area contributed by atoms with Gasteiger partial charge in [-0.15, -0.1) is 0 Å². The molecular formula is C22H17BrN2O4. The number of imide groups is 1. The normalized spacial score (nSPS) is 13.4. The molecule has 0 N–H and O–H groups in total. The number of hydrogen-bond acceptors (Lipinski definition) is 5. The van der Waals surface area contributed by atoms with Crippen molar-refractivity contribution in [3.8, 4) is 11.5 Å². The van der Waals surface area contributed by atoms with Crippen LogP contribution >= 0.6 is 15.9 Å². The lowest BCUT2D eigenvalue weighted by molar-refractivity contribution is 0.0616. The minimum Gasteiger partial charge on any atom is -0.492 e. The number of benzene rings is 3. The van der Waals surface area contributed by atoms with Crippen LogP contribution in [0.2, 0.25) is 0 Å². The average molecular weight is 453 g/mol. The summed E-state index contributed by atoms with van der Waals surface area (Å²) in [5, 5.41) is 6.61. The van der Waals surface area contributed by atoms with E-state index in [-0.39, 0.29) is 0 Å². The first kappa shape index (κ1) is 19.1. The van der Waals surface area contributed by atoms with Crippen molar-refractivity contribution in [3.63, 3.8) is 0 Å². The molecule has 0 radical (unpaired) electrons. The molecule has 3 aromatic rings. The Kier molecular flexibility index (Phi) is 5.07. The van der Waals surface area contributed by atoms with E-state index in [0.717, 1.165) is 10.4 Å². The van der Waals surface area contributed by atoms with E-state index >= 15 is 0 Å². The standard InChI is InChI=1S/C22H17BrN2O4/c1-3-29-18-11-13(10-17(23)20(18)28-2)12-24-25-21(26)15-8-4-6-14-7-5-9-16(19(14)15)22(25)27/h4-12H,3H2,1-2H3/b24-12-. The number of amides is 2. The molecule has 0 bridgehead atoms. The van der Waals surface area contributed by atoms with E-state index in [0.29, 0.717) is 44.7 Å². The predicted molar refractivity (Wildman–Crippen MR) is 114 cm³/mol. The van der Waals surface area contributed by atoms with Gasteiger partial charge in [-0.05, 0) is 58.1 Å². The van der Waals surface area contributed by atoms with Crippen molar-refractivity contribution < 1.29 is 19.1 Å². The van der Waals surface area contributed by atoms with Crippen molar-refractivity contribution in [1.82, 2.24) is 5.01 Å². The zero-order valence-electron chi connectivity index (χ0n) is 15.8. The minimum absolute atomic E-state index is 0.451. The number of carbonyl (C=O) groups excluding carboxylic acids is 2. The van der Waals surface area contributed by atoms with Gasteiger partial charge in [-0.25, -0.2) is 0 Å². The van der Waals surface area contributed by atoms with E-state index in [1.807, 2.05) is 19.1 Å². The van der Waals surface area contributed by atoms with E-state index in [2.05, 4.69) is 21.0 Å². The van der Waals surface area contributed by atoms with Crippen molar-refractivity contribution in [3.05, 3.63) is 69.7 Å². The van der Waals surface area contributed by atoms with Gasteiger partial charge < -0.3 is 9.47 Å². The largest absolute Gasteiger partial charge is 0.492 e. The molecule has 6 nitrogen and oxygen atoms in total. The second kappa shape index (κ2) is 7.67. The first-order valence-corrected chi connectivity index (χ1v) is 9.79. The number of hydrazone groups is 1. The maximum atomic E-state index is 12.9. The van der Waals surface area contributed by atoms with E-state index in [1.165, 1.54) is 6.21 Å². The summed E-state index contributed by atoms with van der Waals surface area (Å²) in [5.74, 6) is 0.202. The highest BCUT2D eigenvalue weighted by Crippen LogP contribution is 2.36. The van der Waals surface area contributed by atoms with E-state index in [1.54, 1.807) is 43.5 Å². The molecule has 4 rings (SSSR count). The number of nitrogens with zero attached hydrogens (tertiary/aromatic N) is 2. The van der Waals surface area contributed by atoms with Crippen molar-refractivity contribution in [2.45, 2.75) is 6.92 Å². The smallest absolute Gasteiger partial charge is 0.282 e. The SMILES string of the molecule is CCOc1cc(/C=N\N2C(=O)c3cccc4cccc(c34)C2=O)cc(Br)c1OC.